The van der Waals surface area contributed by atoms with Crippen molar-refractivity contribution in [1.29, 1.82) is 0 Å². The van der Waals surface area contributed by atoms with Gasteiger partial charge in [0.1, 0.15) is 5.82 Å². The first kappa shape index (κ1) is 16.8. The van der Waals surface area contributed by atoms with Crippen molar-refractivity contribution in [3.8, 4) is 0 Å². The summed E-state index contributed by atoms with van der Waals surface area (Å²) in [6, 6.07) is 0. The minimum atomic E-state index is -0.147. The highest BCUT2D eigenvalue weighted by Gasteiger charge is 2.16. The molecule has 0 bridgehead atoms. The van der Waals surface area contributed by atoms with E-state index in [1.54, 1.807) is 25.0 Å². The second-order valence-corrected chi connectivity index (χ2v) is 6.08. The molecule has 112 valence electrons. The molecule has 1 amide bonds. The third kappa shape index (κ3) is 4.67. The largest absolute Gasteiger partial charge is 0.385 e. The van der Waals surface area contributed by atoms with Gasteiger partial charge >= 0.3 is 0 Å². The summed E-state index contributed by atoms with van der Waals surface area (Å²) in [7, 11) is 1.76. The van der Waals surface area contributed by atoms with Crippen molar-refractivity contribution in [3.05, 3.63) is 17.7 Å². The van der Waals surface area contributed by atoms with Gasteiger partial charge in [0, 0.05) is 19.5 Å². The fourth-order valence-electron chi connectivity index (χ4n) is 1.72. The fraction of sp³-hybridized carbons (Fsp3) is 0.643. The van der Waals surface area contributed by atoms with Gasteiger partial charge in [0.05, 0.1) is 11.9 Å². The van der Waals surface area contributed by atoms with Crippen LogP contribution < -0.4 is 10.6 Å². The van der Waals surface area contributed by atoms with Crippen LogP contribution in [0.4, 0.5) is 5.69 Å². The third-order valence-corrected chi connectivity index (χ3v) is 3.77. The van der Waals surface area contributed by atoms with Crippen LogP contribution in [-0.4, -0.2) is 41.5 Å². The zero-order chi connectivity index (χ0) is 15.1. The molecule has 0 fully saturated rings. The minimum absolute atomic E-state index is 0.147. The van der Waals surface area contributed by atoms with Gasteiger partial charge in [0.25, 0.3) is 5.91 Å². The normalized spacial score (nSPS) is 12.3. The lowest BCUT2D eigenvalue weighted by Gasteiger charge is -2.14. The molecule has 1 unspecified atom stereocenters. The summed E-state index contributed by atoms with van der Waals surface area (Å²) in [6.07, 6.45) is 3.74. The van der Waals surface area contributed by atoms with Gasteiger partial charge in [-0.2, -0.15) is 11.8 Å². The van der Waals surface area contributed by atoms with E-state index in [-0.39, 0.29) is 11.8 Å². The molecular formula is C14H24N4OS. The lowest BCUT2D eigenvalue weighted by atomic mass is 10.2. The Hall–Kier alpha value is -1.30. The molecule has 0 aliphatic rings. The van der Waals surface area contributed by atoms with Crippen molar-refractivity contribution in [2.24, 2.45) is 5.92 Å². The lowest BCUT2D eigenvalue weighted by Crippen LogP contribution is -2.30. The van der Waals surface area contributed by atoms with Crippen molar-refractivity contribution in [1.82, 2.24) is 15.3 Å². The topological polar surface area (TPSA) is 66.9 Å². The predicted octanol–water partition coefficient (Wildman–Crippen LogP) is 2.37. The first-order valence-electron chi connectivity index (χ1n) is 6.81. The van der Waals surface area contributed by atoms with Gasteiger partial charge in [-0.1, -0.05) is 20.8 Å². The number of thioether (sulfide) groups is 1. The van der Waals surface area contributed by atoms with E-state index < -0.39 is 0 Å². The molecule has 1 rings (SSSR count). The van der Waals surface area contributed by atoms with Gasteiger partial charge in [0.2, 0.25) is 0 Å². The van der Waals surface area contributed by atoms with Crippen LogP contribution in [0, 0.1) is 5.92 Å². The van der Waals surface area contributed by atoms with Crippen LogP contribution >= 0.6 is 11.8 Å². The highest BCUT2D eigenvalue weighted by atomic mass is 32.2. The van der Waals surface area contributed by atoms with Gasteiger partial charge in [-0.05, 0) is 17.9 Å². The highest BCUT2D eigenvalue weighted by molar-refractivity contribution is 7.98. The molecule has 1 heterocycles. The number of rotatable bonds is 7. The first-order chi connectivity index (χ1) is 9.49. The molecule has 0 aliphatic carbocycles. The molecule has 5 nitrogen and oxygen atoms in total. The molecule has 1 aromatic rings. The molecule has 20 heavy (non-hydrogen) atoms. The van der Waals surface area contributed by atoms with Crippen molar-refractivity contribution in [2.75, 3.05) is 30.9 Å². The van der Waals surface area contributed by atoms with Gasteiger partial charge in [-0.25, -0.2) is 9.97 Å². The van der Waals surface area contributed by atoms with Crippen LogP contribution in [0.15, 0.2) is 6.20 Å². The summed E-state index contributed by atoms with van der Waals surface area (Å²) in [4.78, 5) is 20.9. The van der Waals surface area contributed by atoms with E-state index in [1.807, 2.05) is 13.8 Å². The molecule has 0 aliphatic heterocycles. The van der Waals surface area contributed by atoms with Crippen LogP contribution in [-0.2, 0) is 0 Å². The monoisotopic (exact) mass is 296 g/mol. The second-order valence-electron chi connectivity index (χ2n) is 5.17. The van der Waals surface area contributed by atoms with Crippen LogP contribution in [0.5, 0.6) is 0 Å². The Labute approximate surface area is 125 Å². The maximum absolute atomic E-state index is 12.3. The Morgan fingerprint density at radius 2 is 2.10 bits per heavy atom. The average molecular weight is 296 g/mol. The average Bonchev–Trinajstić information content (AvgIpc) is 2.44. The van der Waals surface area contributed by atoms with Gasteiger partial charge in [-0.15, -0.1) is 0 Å². The van der Waals surface area contributed by atoms with Crippen molar-refractivity contribution < 1.29 is 4.79 Å². The van der Waals surface area contributed by atoms with E-state index in [4.69, 9.17) is 0 Å². The van der Waals surface area contributed by atoms with E-state index in [9.17, 15) is 4.79 Å². The van der Waals surface area contributed by atoms with Crippen molar-refractivity contribution in [2.45, 2.75) is 26.7 Å². The number of hydrogen-bond donors (Lipinski definition) is 2. The van der Waals surface area contributed by atoms with E-state index >= 15 is 0 Å². The lowest BCUT2D eigenvalue weighted by molar-refractivity contribution is 0.0944. The number of nitrogens with zero attached hydrogens (tertiary/aromatic N) is 2. The summed E-state index contributed by atoms with van der Waals surface area (Å²) < 4.78 is 0. The third-order valence-electron chi connectivity index (χ3n) is 2.87. The zero-order valence-electron chi connectivity index (χ0n) is 12.9. The van der Waals surface area contributed by atoms with E-state index in [2.05, 4.69) is 33.8 Å². The maximum Gasteiger partial charge on any atom is 0.272 e. The van der Waals surface area contributed by atoms with Crippen LogP contribution in [0.25, 0.3) is 0 Å². The molecule has 0 spiro atoms. The molecule has 2 N–H and O–H groups in total. The minimum Gasteiger partial charge on any atom is -0.385 e. The van der Waals surface area contributed by atoms with Crippen LogP contribution in [0.2, 0.25) is 0 Å². The smallest absolute Gasteiger partial charge is 0.272 e. The quantitative estimate of drug-likeness (QED) is 0.808. The van der Waals surface area contributed by atoms with E-state index in [1.165, 1.54) is 0 Å². The summed E-state index contributed by atoms with van der Waals surface area (Å²) in [6.45, 7) is 6.80. The Bertz CT molecular complexity index is 451. The number of aromatic nitrogens is 2. The SMILES string of the molecule is CNc1cnc(C(C)C)nc1C(=O)NCC(C)CSC. The molecule has 0 aromatic carbocycles. The predicted molar refractivity (Wildman–Crippen MR) is 85.5 cm³/mol. The van der Waals surface area contributed by atoms with Crippen molar-refractivity contribution in [3.63, 3.8) is 0 Å². The Morgan fingerprint density at radius 3 is 2.65 bits per heavy atom. The summed E-state index contributed by atoms with van der Waals surface area (Å²) in [5.74, 6) is 2.21. The number of amides is 1. The number of hydrogen-bond acceptors (Lipinski definition) is 5. The van der Waals surface area contributed by atoms with Crippen LogP contribution in [0.3, 0.4) is 0 Å². The molecule has 1 aromatic heterocycles. The molecule has 6 heteroatoms. The molecule has 0 radical (unpaired) electrons. The van der Waals surface area contributed by atoms with Crippen molar-refractivity contribution >= 4 is 23.4 Å². The van der Waals surface area contributed by atoms with Crippen LogP contribution in [0.1, 0.15) is 43.0 Å². The molecule has 1 atom stereocenters. The van der Waals surface area contributed by atoms with Gasteiger partial charge < -0.3 is 10.6 Å². The Morgan fingerprint density at radius 1 is 1.40 bits per heavy atom. The van der Waals surface area contributed by atoms with E-state index in [0.29, 0.717) is 29.7 Å². The maximum atomic E-state index is 12.3. The van der Waals surface area contributed by atoms with Gasteiger partial charge in [0.15, 0.2) is 5.69 Å². The standard InChI is InChI=1S/C14H24N4OS/c1-9(2)13-16-7-11(15-4)12(18-13)14(19)17-6-10(3)8-20-5/h7,9-10,15H,6,8H2,1-5H3,(H,17,19). The molecule has 0 saturated carbocycles. The Balaban J connectivity index is 2.82. The highest BCUT2D eigenvalue weighted by Crippen LogP contribution is 2.16. The Kier molecular flexibility index (Phi) is 6.78. The summed E-state index contributed by atoms with van der Waals surface area (Å²) >= 11 is 1.78. The fourth-order valence-corrected chi connectivity index (χ4v) is 2.41. The number of anilines is 1. The summed E-state index contributed by atoms with van der Waals surface area (Å²) in [5, 5.41) is 5.91. The second kappa shape index (κ2) is 8.09. The summed E-state index contributed by atoms with van der Waals surface area (Å²) in [5.41, 5.74) is 1.08. The van der Waals surface area contributed by atoms with Gasteiger partial charge in [-0.3, -0.25) is 4.79 Å². The number of nitrogens with one attached hydrogen (secondary N) is 2. The number of carbonyl (C=O) groups excluding carboxylic acids is 1. The van der Waals surface area contributed by atoms with E-state index in [0.717, 1.165) is 5.75 Å². The zero-order valence-corrected chi connectivity index (χ0v) is 13.7. The molecular weight excluding hydrogens is 272 g/mol. The first-order valence-corrected chi connectivity index (χ1v) is 8.20. The number of carbonyl (C=O) groups is 1. The molecule has 0 saturated heterocycles.